The highest BCUT2D eigenvalue weighted by atomic mass is 33.2. The van der Waals surface area contributed by atoms with Crippen molar-refractivity contribution in [2.24, 2.45) is 0 Å². The van der Waals surface area contributed by atoms with E-state index in [1.54, 1.807) is 24.0 Å². The molecule has 0 N–H and O–H groups in total. The summed E-state index contributed by atoms with van der Waals surface area (Å²) in [7, 11) is 5.38. The Balaban J connectivity index is 1.60. The van der Waals surface area contributed by atoms with Crippen LogP contribution in [0.2, 0.25) is 0 Å². The molecule has 0 saturated carbocycles. The Bertz CT molecular complexity index is 1000. The fourth-order valence-corrected chi connectivity index (χ4v) is 11.0. The minimum absolute atomic E-state index is 0.0104. The highest BCUT2D eigenvalue weighted by Gasteiger charge is 2.58. The van der Waals surface area contributed by atoms with Crippen molar-refractivity contribution in [1.82, 2.24) is 9.80 Å². The Hall–Kier alpha value is -2.01. The van der Waals surface area contributed by atoms with Crippen LogP contribution in [-0.2, 0) is 61.1 Å². The minimum atomic E-state index is -0.506. The zero-order valence-corrected chi connectivity index (χ0v) is 19.6. The van der Waals surface area contributed by atoms with E-state index in [9.17, 15) is 9.59 Å². The van der Waals surface area contributed by atoms with Crippen molar-refractivity contribution in [3.8, 4) is 11.5 Å². The fourth-order valence-electron chi connectivity index (χ4n) is 3.64. The standard InChI is InChI=1S/C20H20N2O4S4/c1-25-15-7-3-13(4-8-15)11-21-17(23)20-22(18(24)19(21)30(20)29-28-27)12-14-5-9-16(26-2)10-6-14/h3-10,19-20H,11-12H2,1-2H3. The van der Waals surface area contributed by atoms with E-state index < -0.39 is 20.2 Å². The molecular formula is C20H20N2O4S4. The number of piperazine rings is 1. The van der Waals surface area contributed by atoms with Crippen molar-refractivity contribution >= 4 is 50.2 Å². The van der Waals surface area contributed by atoms with E-state index in [0.717, 1.165) is 22.6 Å². The molecule has 2 bridgehead atoms. The number of carbonyl (C=O) groups excluding carboxylic acids is 2. The highest BCUT2D eigenvalue weighted by molar-refractivity contribution is 8.58. The lowest BCUT2D eigenvalue weighted by molar-refractivity contribution is -0.151. The average molecular weight is 481 g/mol. The molecule has 2 aromatic rings. The fraction of sp³-hybridized carbons (Fsp3) is 0.300. The van der Waals surface area contributed by atoms with Gasteiger partial charge in [0.2, 0.25) is 0 Å². The van der Waals surface area contributed by atoms with E-state index >= 15 is 0 Å². The lowest BCUT2D eigenvalue weighted by Gasteiger charge is -2.32. The van der Waals surface area contributed by atoms with Gasteiger partial charge in [-0.2, -0.15) is 0 Å². The second kappa shape index (κ2) is 9.01. The van der Waals surface area contributed by atoms with Gasteiger partial charge >= 0.3 is 0 Å². The molecule has 4 rings (SSSR count). The predicted octanol–water partition coefficient (Wildman–Crippen LogP) is 1.82. The van der Waals surface area contributed by atoms with Gasteiger partial charge in [-0.1, -0.05) is 33.7 Å². The summed E-state index contributed by atoms with van der Waals surface area (Å²) < 4.78 is 10.4. The SMILES string of the molecule is COc1ccc(CN2C(=O)C3N(Cc4ccc(OC)cc4)C(=O)C2S3=S=S=S)cc1. The summed E-state index contributed by atoms with van der Waals surface area (Å²) in [5, 5.41) is -0.938. The Kier molecular flexibility index (Phi) is 6.37. The lowest BCUT2D eigenvalue weighted by Crippen LogP contribution is -2.52. The predicted molar refractivity (Wildman–Crippen MR) is 124 cm³/mol. The molecule has 2 heterocycles. The highest BCUT2D eigenvalue weighted by Crippen LogP contribution is 2.36. The van der Waals surface area contributed by atoms with E-state index in [4.69, 9.17) is 20.7 Å². The molecule has 30 heavy (non-hydrogen) atoms. The molecule has 6 nitrogen and oxygen atoms in total. The Morgan fingerprint density at radius 3 is 1.57 bits per heavy atom. The van der Waals surface area contributed by atoms with Crippen LogP contribution in [0, 0.1) is 0 Å². The van der Waals surface area contributed by atoms with Gasteiger partial charge < -0.3 is 19.3 Å². The maximum absolute atomic E-state index is 13.3. The zero-order valence-electron chi connectivity index (χ0n) is 16.3. The van der Waals surface area contributed by atoms with Crippen molar-refractivity contribution in [2.75, 3.05) is 14.2 Å². The maximum atomic E-state index is 13.3. The molecular weight excluding hydrogens is 460 g/mol. The monoisotopic (exact) mass is 480 g/mol. The van der Waals surface area contributed by atoms with Gasteiger partial charge in [-0.3, -0.25) is 9.59 Å². The van der Waals surface area contributed by atoms with Crippen molar-refractivity contribution in [2.45, 2.75) is 23.8 Å². The first-order valence-electron chi connectivity index (χ1n) is 9.13. The molecule has 10 heteroatoms. The van der Waals surface area contributed by atoms with Crippen LogP contribution in [-0.4, -0.2) is 46.6 Å². The van der Waals surface area contributed by atoms with Crippen LogP contribution < -0.4 is 9.47 Å². The average Bonchev–Trinajstić information content (AvgIpc) is 3.18. The first-order valence-corrected chi connectivity index (χ1v) is 14.1. The molecule has 2 aliphatic heterocycles. The molecule has 2 amide bonds. The van der Waals surface area contributed by atoms with Gasteiger partial charge in [-0.15, -0.1) is 0 Å². The largest absolute Gasteiger partial charge is 0.497 e. The van der Waals surface area contributed by atoms with Crippen LogP contribution in [0.1, 0.15) is 11.1 Å². The smallest absolute Gasteiger partial charge is 0.257 e. The molecule has 158 valence electrons. The van der Waals surface area contributed by atoms with Gasteiger partial charge in [-0.05, 0) is 64.3 Å². The number of carbonyl (C=O) groups is 2. The third-order valence-electron chi connectivity index (χ3n) is 5.13. The summed E-state index contributed by atoms with van der Waals surface area (Å²) in [5.74, 6) is 1.49. The van der Waals surface area contributed by atoms with Gasteiger partial charge in [0.05, 0.1) is 14.2 Å². The van der Waals surface area contributed by atoms with Gasteiger partial charge in [0, 0.05) is 13.1 Å². The Morgan fingerprint density at radius 1 is 0.833 bits per heavy atom. The van der Waals surface area contributed by atoms with Crippen LogP contribution in [0.15, 0.2) is 48.5 Å². The summed E-state index contributed by atoms with van der Waals surface area (Å²) in [6.45, 7) is 0.802. The lowest BCUT2D eigenvalue weighted by atomic mass is 10.1. The number of rotatable bonds is 6. The van der Waals surface area contributed by atoms with Crippen molar-refractivity contribution in [3.05, 3.63) is 59.7 Å². The zero-order chi connectivity index (χ0) is 21.3. The van der Waals surface area contributed by atoms with Crippen molar-refractivity contribution in [1.29, 1.82) is 0 Å². The molecule has 0 radical (unpaired) electrons. The van der Waals surface area contributed by atoms with E-state index in [1.807, 2.05) is 48.5 Å². The third-order valence-corrected chi connectivity index (χ3v) is 12.3. The molecule has 2 fully saturated rings. The van der Waals surface area contributed by atoms with Crippen molar-refractivity contribution in [3.63, 3.8) is 0 Å². The van der Waals surface area contributed by atoms with E-state index in [2.05, 4.69) is 0 Å². The molecule has 2 saturated heterocycles. The number of benzene rings is 2. The first-order chi connectivity index (χ1) is 14.6. The van der Waals surface area contributed by atoms with E-state index in [1.165, 1.54) is 17.8 Å². The van der Waals surface area contributed by atoms with Gasteiger partial charge in [0.15, 0.2) is 10.7 Å². The second-order valence-corrected chi connectivity index (χ2v) is 13.0. The molecule has 2 unspecified atom stereocenters. The molecule has 0 aliphatic carbocycles. The molecule has 0 spiro atoms. The van der Waals surface area contributed by atoms with E-state index in [0.29, 0.717) is 13.1 Å². The number of amides is 2. The summed E-state index contributed by atoms with van der Waals surface area (Å²) in [6, 6.07) is 15.1. The van der Waals surface area contributed by atoms with Crippen molar-refractivity contribution < 1.29 is 19.1 Å². The van der Waals surface area contributed by atoms with Gasteiger partial charge in [0.25, 0.3) is 11.8 Å². The molecule has 2 atom stereocenters. The third kappa shape index (κ3) is 3.84. The van der Waals surface area contributed by atoms with Gasteiger partial charge in [-0.25, -0.2) is 0 Å². The topological polar surface area (TPSA) is 59.1 Å². The van der Waals surface area contributed by atoms with Crippen LogP contribution >= 0.6 is 0 Å². The first kappa shape index (κ1) is 21.2. The number of hydrogen-bond donors (Lipinski definition) is 0. The van der Waals surface area contributed by atoms with Crippen LogP contribution in [0.5, 0.6) is 11.5 Å². The summed E-state index contributed by atoms with van der Waals surface area (Å²) in [6.07, 6.45) is 0. The normalized spacial score (nSPS) is 22.4. The molecule has 2 aromatic carbocycles. The Morgan fingerprint density at radius 2 is 1.23 bits per heavy atom. The number of nitrogens with zero attached hydrogens (tertiary/aromatic N) is 2. The molecule has 0 aromatic heterocycles. The Labute approximate surface area is 187 Å². The van der Waals surface area contributed by atoms with Crippen LogP contribution in [0.25, 0.3) is 0 Å². The van der Waals surface area contributed by atoms with Gasteiger partial charge in [0.1, 0.15) is 11.5 Å². The van der Waals surface area contributed by atoms with E-state index in [-0.39, 0.29) is 11.8 Å². The minimum Gasteiger partial charge on any atom is -0.497 e. The molecule has 2 aliphatic rings. The summed E-state index contributed by atoms with van der Waals surface area (Å²) in [5.41, 5.74) is 1.93. The number of hydrogen-bond acceptors (Lipinski definition) is 5. The summed E-state index contributed by atoms with van der Waals surface area (Å²) in [4.78, 5) is 29.9. The van der Waals surface area contributed by atoms with Crippen LogP contribution in [0.3, 0.4) is 0 Å². The number of ether oxygens (including phenoxy) is 2. The van der Waals surface area contributed by atoms with Crippen LogP contribution in [0.4, 0.5) is 0 Å². The second-order valence-electron chi connectivity index (χ2n) is 6.80. The number of methoxy groups -OCH3 is 2. The number of fused-ring (bicyclic) bond motifs is 2. The quantitative estimate of drug-likeness (QED) is 0.631. The maximum Gasteiger partial charge on any atom is 0.257 e. The summed E-state index contributed by atoms with van der Waals surface area (Å²) >= 11 is 5.09.